The summed E-state index contributed by atoms with van der Waals surface area (Å²) in [4.78, 5) is 0. The highest BCUT2D eigenvalue weighted by Crippen LogP contribution is 1.55. The SMILES string of the molecule is NC(N)NC(N)O. The maximum atomic E-state index is 8.23. The van der Waals surface area contributed by atoms with Gasteiger partial charge in [-0.2, -0.15) is 0 Å². The summed E-state index contributed by atoms with van der Waals surface area (Å²) in [6, 6.07) is 0. The molecule has 0 radical (unpaired) electrons. The van der Waals surface area contributed by atoms with Gasteiger partial charge in [-0.25, -0.2) is 0 Å². The Morgan fingerprint density at radius 3 is 1.71 bits per heavy atom. The molecule has 0 bridgehead atoms. The second kappa shape index (κ2) is 2.89. The maximum absolute atomic E-state index is 8.23. The first-order valence-electron chi connectivity index (χ1n) is 1.84. The molecule has 1 atom stereocenters. The fourth-order valence-electron chi connectivity index (χ4n) is 0.197. The molecule has 0 rings (SSSR count). The van der Waals surface area contributed by atoms with Crippen LogP contribution in [-0.4, -0.2) is 17.7 Å². The quantitative estimate of drug-likeness (QED) is 0.241. The first-order chi connectivity index (χ1) is 3.13. The van der Waals surface area contributed by atoms with Gasteiger partial charge in [-0.15, -0.1) is 0 Å². The van der Waals surface area contributed by atoms with Crippen LogP contribution in [0.15, 0.2) is 0 Å². The van der Waals surface area contributed by atoms with E-state index in [4.69, 9.17) is 22.3 Å². The number of hydrogen-bond donors (Lipinski definition) is 5. The van der Waals surface area contributed by atoms with Crippen LogP contribution in [0.5, 0.6) is 0 Å². The molecular formula is C2H10N4O. The van der Waals surface area contributed by atoms with Crippen molar-refractivity contribution in [3.05, 3.63) is 0 Å². The van der Waals surface area contributed by atoms with E-state index in [-0.39, 0.29) is 0 Å². The summed E-state index contributed by atoms with van der Waals surface area (Å²) in [7, 11) is 0. The normalized spacial score (nSPS) is 15.0. The lowest BCUT2D eigenvalue weighted by molar-refractivity contribution is 0.130. The minimum Gasteiger partial charge on any atom is -0.366 e. The lowest BCUT2D eigenvalue weighted by atomic mass is 10.8. The van der Waals surface area contributed by atoms with E-state index < -0.39 is 12.6 Å². The largest absolute Gasteiger partial charge is 0.366 e. The number of aliphatic hydroxyl groups excluding tert-OH is 1. The zero-order valence-corrected chi connectivity index (χ0v) is 3.83. The smallest absolute Gasteiger partial charge is 0.160 e. The van der Waals surface area contributed by atoms with Crippen LogP contribution < -0.4 is 22.5 Å². The Morgan fingerprint density at radius 2 is 1.71 bits per heavy atom. The molecule has 0 aliphatic carbocycles. The number of nitrogens with one attached hydrogen (secondary N) is 1. The standard InChI is InChI=1S/C2H10N4O/c3-1(4)6-2(5)7/h1-2,6-7H,3-5H2. The molecule has 0 heterocycles. The molecule has 0 fully saturated rings. The maximum Gasteiger partial charge on any atom is 0.160 e. The second-order valence-electron chi connectivity index (χ2n) is 1.14. The summed E-state index contributed by atoms with van der Waals surface area (Å²) in [5, 5.41) is 10.4. The molecule has 0 saturated heterocycles. The Morgan fingerprint density at radius 1 is 1.29 bits per heavy atom. The van der Waals surface area contributed by atoms with Crippen molar-refractivity contribution in [1.82, 2.24) is 5.32 Å². The highest BCUT2D eigenvalue weighted by molar-refractivity contribution is 4.45. The lowest BCUT2D eigenvalue weighted by Crippen LogP contribution is -2.53. The molecule has 0 aliphatic heterocycles. The van der Waals surface area contributed by atoms with Gasteiger partial charge in [0.1, 0.15) is 6.29 Å². The summed E-state index contributed by atoms with van der Waals surface area (Å²) in [6.07, 6.45) is -1.88. The van der Waals surface area contributed by atoms with Gasteiger partial charge in [-0.05, 0) is 0 Å². The van der Waals surface area contributed by atoms with E-state index in [2.05, 4.69) is 5.32 Å². The third-order valence-corrected chi connectivity index (χ3v) is 0.363. The molecule has 1 unspecified atom stereocenters. The Hall–Kier alpha value is -0.200. The Kier molecular flexibility index (Phi) is 2.81. The highest BCUT2D eigenvalue weighted by atomic mass is 16.3. The molecule has 8 N–H and O–H groups in total. The summed E-state index contributed by atoms with van der Waals surface area (Å²) in [5.41, 5.74) is 14.6. The molecule has 0 spiro atoms. The van der Waals surface area contributed by atoms with Gasteiger partial charge in [0.15, 0.2) is 6.35 Å². The van der Waals surface area contributed by atoms with Crippen LogP contribution in [0.2, 0.25) is 0 Å². The molecule has 0 aromatic rings. The van der Waals surface area contributed by atoms with E-state index in [1.807, 2.05) is 0 Å². The molecule has 5 nitrogen and oxygen atoms in total. The summed E-state index contributed by atoms with van der Waals surface area (Å²) in [6.45, 7) is 0. The van der Waals surface area contributed by atoms with Crippen LogP contribution in [0.3, 0.4) is 0 Å². The summed E-state index contributed by atoms with van der Waals surface area (Å²) >= 11 is 0. The van der Waals surface area contributed by atoms with Gasteiger partial charge in [0, 0.05) is 0 Å². The topological polar surface area (TPSA) is 110 Å². The minimum absolute atomic E-state index is 0.750. The van der Waals surface area contributed by atoms with Gasteiger partial charge in [-0.1, -0.05) is 0 Å². The van der Waals surface area contributed by atoms with Crippen molar-refractivity contribution >= 4 is 0 Å². The van der Waals surface area contributed by atoms with Crippen molar-refractivity contribution in [1.29, 1.82) is 0 Å². The van der Waals surface area contributed by atoms with E-state index in [1.54, 1.807) is 0 Å². The van der Waals surface area contributed by atoms with Gasteiger partial charge < -0.3 is 16.6 Å². The number of aliphatic hydroxyl groups is 1. The van der Waals surface area contributed by atoms with Crippen molar-refractivity contribution in [2.75, 3.05) is 0 Å². The Labute approximate surface area is 41.5 Å². The van der Waals surface area contributed by atoms with Crippen LogP contribution in [-0.2, 0) is 0 Å². The van der Waals surface area contributed by atoms with Crippen molar-refractivity contribution in [3.8, 4) is 0 Å². The van der Waals surface area contributed by atoms with Crippen LogP contribution >= 0.6 is 0 Å². The average molecular weight is 106 g/mol. The van der Waals surface area contributed by atoms with Gasteiger partial charge in [-0.3, -0.25) is 11.1 Å². The third-order valence-electron chi connectivity index (χ3n) is 0.363. The zero-order valence-electron chi connectivity index (χ0n) is 3.83. The number of hydrogen-bond acceptors (Lipinski definition) is 5. The van der Waals surface area contributed by atoms with E-state index in [0.717, 1.165) is 0 Å². The van der Waals surface area contributed by atoms with Gasteiger partial charge in [0.2, 0.25) is 0 Å². The molecular weight excluding hydrogens is 96.0 g/mol. The Balaban J connectivity index is 2.95. The number of rotatable bonds is 2. The fraction of sp³-hybridized carbons (Fsp3) is 1.00. The number of nitrogens with two attached hydrogens (primary N) is 3. The van der Waals surface area contributed by atoms with Crippen molar-refractivity contribution in [2.24, 2.45) is 17.2 Å². The molecule has 0 aliphatic rings. The monoisotopic (exact) mass is 106 g/mol. The molecule has 44 valence electrons. The fourth-order valence-corrected chi connectivity index (χ4v) is 0.197. The zero-order chi connectivity index (χ0) is 5.86. The molecule has 5 heteroatoms. The summed E-state index contributed by atoms with van der Waals surface area (Å²) in [5.74, 6) is 0. The minimum atomic E-state index is -1.13. The van der Waals surface area contributed by atoms with Crippen LogP contribution in [0.4, 0.5) is 0 Å². The van der Waals surface area contributed by atoms with Crippen molar-refractivity contribution in [3.63, 3.8) is 0 Å². The van der Waals surface area contributed by atoms with E-state index in [9.17, 15) is 0 Å². The van der Waals surface area contributed by atoms with Crippen LogP contribution in [0, 0.1) is 0 Å². The van der Waals surface area contributed by atoms with Crippen LogP contribution in [0.25, 0.3) is 0 Å². The van der Waals surface area contributed by atoms with E-state index >= 15 is 0 Å². The molecule has 0 amide bonds. The molecule has 0 aromatic carbocycles. The van der Waals surface area contributed by atoms with E-state index in [0.29, 0.717) is 0 Å². The first-order valence-corrected chi connectivity index (χ1v) is 1.84. The van der Waals surface area contributed by atoms with Gasteiger partial charge >= 0.3 is 0 Å². The van der Waals surface area contributed by atoms with Crippen molar-refractivity contribution < 1.29 is 5.11 Å². The average Bonchev–Trinajstić information content (AvgIpc) is 1.27. The third kappa shape index (κ3) is 5.80. The first kappa shape index (κ1) is 6.80. The predicted octanol–water partition coefficient (Wildman–Crippen LogP) is -2.99. The molecule has 0 saturated carbocycles. The van der Waals surface area contributed by atoms with E-state index in [1.165, 1.54) is 0 Å². The van der Waals surface area contributed by atoms with Gasteiger partial charge in [0.25, 0.3) is 0 Å². The van der Waals surface area contributed by atoms with Gasteiger partial charge in [0.05, 0.1) is 0 Å². The highest BCUT2D eigenvalue weighted by Gasteiger charge is 1.94. The molecule has 7 heavy (non-hydrogen) atoms. The van der Waals surface area contributed by atoms with Crippen LogP contribution in [0.1, 0.15) is 0 Å². The Bertz CT molecular complexity index is 39.0. The van der Waals surface area contributed by atoms with Crippen molar-refractivity contribution in [2.45, 2.75) is 12.6 Å². The lowest BCUT2D eigenvalue weighted by Gasteiger charge is -2.08. The molecule has 0 aromatic heterocycles. The summed E-state index contributed by atoms with van der Waals surface area (Å²) < 4.78 is 0. The predicted molar refractivity (Wildman–Crippen MR) is 25.5 cm³/mol. The second-order valence-corrected chi connectivity index (χ2v) is 1.14.